The summed E-state index contributed by atoms with van der Waals surface area (Å²) in [5.74, 6) is 0.754. The number of rotatable bonds is 6. The van der Waals surface area contributed by atoms with E-state index in [-0.39, 0.29) is 5.54 Å². The molecule has 2 heteroatoms. The third-order valence-electron chi connectivity index (χ3n) is 4.10. The highest BCUT2D eigenvalue weighted by atomic mass is 15.1. The molecule has 112 valence electrons. The Morgan fingerprint density at radius 2 is 1.90 bits per heavy atom. The predicted molar refractivity (Wildman–Crippen MR) is 87.2 cm³/mol. The van der Waals surface area contributed by atoms with Crippen molar-refractivity contribution in [2.24, 2.45) is 0 Å². The average molecular weight is 274 g/mol. The first kappa shape index (κ1) is 15.5. The summed E-state index contributed by atoms with van der Waals surface area (Å²) in [5.41, 5.74) is 1.77. The largest absolute Gasteiger partial charge is 0.312 e. The molecular weight excluding hydrogens is 244 g/mol. The Bertz CT molecular complexity index is 380. The van der Waals surface area contributed by atoms with Crippen LogP contribution in [0.2, 0.25) is 0 Å². The van der Waals surface area contributed by atoms with Crippen molar-refractivity contribution in [3.63, 3.8) is 0 Å². The van der Waals surface area contributed by atoms with Gasteiger partial charge < -0.3 is 10.2 Å². The fourth-order valence-corrected chi connectivity index (χ4v) is 2.96. The molecule has 1 aliphatic rings. The summed E-state index contributed by atoms with van der Waals surface area (Å²) >= 11 is 0. The van der Waals surface area contributed by atoms with Crippen molar-refractivity contribution in [2.75, 3.05) is 26.2 Å². The van der Waals surface area contributed by atoms with E-state index in [0.29, 0.717) is 0 Å². The third kappa shape index (κ3) is 5.26. The van der Waals surface area contributed by atoms with Gasteiger partial charge in [0.25, 0.3) is 0 Å². The van der Waals surface area contributed by atoms with Gasteiger partial charge in [0.15, 0.2) is 0 Å². The second-order valence-corrected chi connectivity index (χ2v) is 7.08. The Balaban J connectivity index is 1.62. The molecule has 1 aromatic carbocycles. The fourth-order valence-electron chi connectivity index (χ4n) is 2.96. The molecule has 1 unspecified atom stereocenters. The predicted octanol–water partition coefficient (Wildman–Crippen LogP) is 3.64. The highest BCUT2D eigenvalue weighted by molar-refractivity contribution is 5.20. The lowest BCUT2D eigenvalue weighted by atomic mass is 9.99. The van der Waals surface area contributed by atoms with Crippen molar-refractivity contribution >= 4 is 0 Å². The smallest absolute Gasteiger partial charge is 0.00965 e. The number of hydrogen-bond acceptors (Lipinski definition) is 2. The Labute approximate surface area is 124 Å². The normalized spacial score (nSPS) is 20.4. The van der Waals surface area contributed by atoms with Gasteiger partial charge in [0, 0.05) is 12.1 Å². The highest BCUT2D eigenvalue weighted by Gasteiger charge is 2.22. The van der Waals surface area contributed by atoms with E-state index < -0.39 is 0 Å². The Morgan fingerprint density at radius 1 is 1.15 bits per heavy atom. The first-order chi connectivity index (χ1) is 9.54. The summed E-state index contributed by atoms with van der Waals surface area (Å²) < 4.78 is 0. The number of benzene rings is 1. The molecule has 0 amide bonds. The van der Waals surface area contributed by atoms with E-state index in [9.17, 15) is 0 Å². The van der Waals surface area contributed by atoms with Crippen LogP contribution in [0.3, 0.4) is 0 Å². The zero-order valence-corrected chi connectivity index (χ0v) is 13.4. The molecule has 2 rings (SSSR count). The number of nitrogens with zero attached hydrogens (tertiary/aromatic N) is 1. The lowest BCUT2D eigenvalue weighted by Gasteiger charge is -2.21. The van der Waals surface area contributed by atoms with E-state index in [0.717, 1.165) is 12.5 Å². The molecule has 1 N–H and O–H groups in total. The van der Waals surface area contributed by atoms with Crippen LogP contribution < -0.4 is 5.32 Å². The molecule has 1 aliphatic heterocycles. The van der Waals surface area contributed by atoms with Crippen LogP contribution in [0, 0.1) is 0 Å². The zero-order valence-electron chi connectivity index (χ0n) is 13.4. The van der Waals surface area contributed by atoms with Crippen molar-refractivity contribution in [1.29, 1.82) is 0 Å². The first-order valence-corrected chi connectivity index (χ1v) is 8.07. The van der Waals surface area contributed by atoms with Crippen molar-refractivity contribution in [3.05, 3.63) is 35.9 Å². The summed E-state index contributed by atoms with van der Waals surface area (Å²) in [4.78, 5) is 2.63. The van der Waals surface area contributed by atoms with Gasteiger partial charge in [0.05, 0.1) is 0 Å². The number of likely N-dealkylation sites (tertiary alicyclic amines) is 1. The van der Waals surface area contributed by atoms with Crippen molar-refractivity contribution < 1.29 is 0 Å². The molecule has 2 nitrogen and oxygen atoms in total. The van der Waals surface area contributed by atoms with Crippen LogP contribution in [0.4, 0.5) is 0 Å². The summed E-state index contributed by atoms with van der Waals surface area (Å²) in [7, 11) is 0. The standard InChI is InChI=1S/C18H30N2/c1-18(2,3)19-12-7-8-13-20-14-11-17(15-20)16-9-5-4-6-10-16/h4-6,9-10,17,19H,7-8,11-15H2,1-3H3. The van der Waals surface area contributed by atoms with Crippen LogP contribution in [0.25, 0.3) is 0 Å². The summed E-state index contributed by atoms with van der Waals surface area (Å²) in [6.07, 6.45) is 3.92. The van der Waals surface area contributed by atoms with Crippen LogP contribution in [0.1, 0.15) is 51.5 Å². The SMILES string of the molecule is CC(C)(C)NCCCCN1CCC(c2ccccc2)C1. The van der Waals surface area contributed by atoms with E-state index in [4.69, 9.17) is 0 Å². The summed E-state index contributed by atoms with van der Waals surface area (Å²) in [6.45, 7) is 11.6. The minimum Gasteiger partial charge on any atom is -0.312 e. The third-order valence-corrected chi connectivity index (χ3v) is 4.10. The van der Waals surface area contributed by atoms with E-state index in [1.807, 2.05) is 0 Å². The average Bonchev–Trinajstić information content (AvgIpc) is 2.87. The zero-order chi connectivity index (χ0) is 14.4. The maximum absolute atomic E-state index is 3.56. The van der Waals surface area contributed by atoms with Crippen LogP contribution >= 0.6 is 0 Å². The topological polar surface area (TPSA) is 15.3 Å². The van der Waals surface area contributed by atoms with Gasteiger partial charge in [-0.1, -0.05) is 30.3 Å². The van der Waals surface area contributed by atoms with Crippen molar-refractivity contribution in [2.45, 2.75) is 51.5 Å². The van der Waals surface area contributed by atoms with E-state index in [1.165, 1.54) is 44.5 Å². The number of nitrogens with one attached hydrogen (secondary N) is 1. The highest BCUT2D eigenvalue weighted by Crippen LogP contribution is 2.26. The van der Waals surface area contributed by atoms with Crippen LogP contribution in [0.5, 0.6) is 0 Å². The van der Waals surface area contributed by atoms with Crippen molar-refractivity contribution in [3.8, 4) is 0 Å². The van der Waals surface area contributed by atoms with Gasteiger partial charge in [-0.25, -0.2) is 0 Å². The lowest BCUT2D eigenvalue weighted by Crippen LogP contribution is -2.36. The summed E-state index contributed by atoms with van der Waals surface area (Å²) in [5, 5.41) is 3.56. The monoisotopic (exact) mass is 274 g/mol. The molecule has 1 heterocycles. The van der Waals surface area contributed by atoms with Crippen molar-refractivity contribution in [1.82, 2.24) is 10.2 Å². The van der Waals surface area contributed by atoms with Gasteiger partial charge in [-0.15, -0.1) is 0 Å². The van der Waals surface area contributed by atoms with Gasteiger partial charge in [-0.3, -0.25) is 0 Å². The van der Waals surface area contributed by atoms with E-state index in [1.54, 1.807) is 0 Å². The lowest BCUT2D eigenvalue weighted by molar-refractivity contribution is 0.320. The molecule has 0 bridgehead atoms. The maximum atomic E-state index is 3.56. The van der Waals surface area contributed by atoms with Crippen LogP contribution in [-0.2, 0) is 0 Å². The van der Waals surface area contributed by atoms with Gasteiger partial charge >= 0.3 is 0 Å². The fraction of sp³-hybridized carbons (Fsp3) is 0.667. The molecule has 0 saturated carbocycles. The first-order valence-electron chi connectivity index (χ1n) is 8.07. The van der Waals surface area contributed by atoms with Gasteiger partial charge in [-0.2, -0.15) is 0 Å². The molecule has 1 fully saturated rings. The molecule has 1 saturated heterocycles. The molecule has 1 atom stereocenters. The Kier molecular flexibility index (Phi) is 5.62. The molecule has 0 aromatic heterocycles. The molecular formula is C18H30N2. The molecule has 20 heavy (non-hydrogen) atoms. The van der Waals surface area contributed by atoms with Gasteiger partial charge in [0.1, 0.15) is 0 Å². The second kappa shape index (κ2) is 7.24. The minimum absolute atomic E-state index is 0.256. The molecule has 1 aromatic rings. The molecule has 0 aliphatic carbocycles. The van der Waals surface area contributed by atoms with E-state index in [2.05, 4.69) is 61.3 Å². The quantitative estimate of drug-likeness (QED) is 0.797. The number of unbranched alkanes of at least 4 members (excludes halogenated alkanes) is 1. The van der Waals surface area contributed by atoms with Gasteiger partial charge in [-0.05, 0) is 71.1 Å². The van der Waals surface area contributed by atoms with E-state index >= 15 is 0 Å². The Hall–Kier alpha value is -0.860. The number of hydrogen-bond donors (Lipinski definition) is 1. The maximum Gasteiger partial charge on any atom is 0.00965 e. The van der Waals surface area contributed by atoms with Crippen LogP contribution in [0.15, 0.2) is 30.3 Å². The van der Waals surface area contributed by atoms with Gasteiger partial charge in [0.2, 0.25) is 0 Å². The minimum atomic E-state index is 0.256. The second-order valence-electron chi connectivity index (χ2n) is 7.08. The van der Waals surface area contributed by atoms with Crippen LogP contribution in [-0.4, -0.2) is 36.6 Å². The summed E-state index contributed by atoms with van der Waals surface area (Å²) in [6, 6.07) is 11.0. The molecule has 0 radical (unpaired) electrons. The Morgan fingerprint density at radius 3 is 2.60 bits per heavy atom. The molecule has 0 spiro atoms.